The Morgan fingerprint density at radius 2 is 1.71 bits per heavy atom. The molecule has 1 amide bonds. The number of pyridine rings is 1. The Morgan fingerprint density at radius 3 is 2.46 bits per heavy atom. The fraction of sp³-hybridized carbons (Fsp3) is 0.0357. The first kappa shape index (κ1) is 22.4. The summed E-state index contributed by atoms with van der Waals surface area (Å²) in [5.41, 5.74) is 5.04. The highest BCUT2D eigenvalue weighted by Gasteiger charge is 2.18. The molecule has 0 fully saturated rings. The van der Waals surface area contributed by atoms with Crippen LogP contribution in [0.15, 0.2) is 102 Å². The molecule has 7 heteroatoms. The second-order valence-electron chi connectivity index (χ2n) is 7.99. The topological polar surface area (TPSA) is 90.4 Å². The van der Waals surface area contributed by atoms with Crippen LogP contribution in [0.5, 0.6) is 5.88 Å². The lowest BCUT2D eigenvalue weighted by molar-refractivity contribution is -0.115. The maximum atomic E-state index is 12.4. The molecule has 35 heavy (non-hydrogen) atoms. The molecule has 5 aromatic rings. The van der Waals surface area contributed by atoms with Gasteiger partial charge in [0.2, 0.25) is 5.91 Å². The van der Waals surface area contributed by atoms with E-state index in [4.69, 9.17) is 16.6 Å². The maximum Gasteiger partial charge on any atom is 0.228 e. The van der Waals surface area contributed by atoms with Gasteiger partial charge in [-0.1, -0.05) is 48.0 Å². The van der Waals surface area contributed by atoms with Crippen molar-refractivity contribution in [2.24, 2.45) is 4.99 Å². The van der Waals surface area contributed by atoms with Crippen molar-refractivity contribution in [1.82, 2.24) is 9.97 Å². The van der Waals surface area contributed by atoms with Crippen LogP contribution < -0.4 is 5.32 Å². The number of hydrogen-bond donors (Lipinski definition) is 3. The average molecular weight is 481 g/mol. The second kappa shape index (κ2) is 9.83. The van der Waals surface area contributed by atoms with E-state index >= 15 is 0 Å². The third-order valence-corrected chi connectivity index (χ3v) is 5.77. The quantitative estimate of drug-likeness (QED) is 0.250. The summed E-state index contributed by atoms with van der Waals surface area (Å²) in [4.78, 5) is 24.2. The van der Waals surface area contributed by atoms with Crippen molar-refractivity contribution in [2.75, 3.05) is 5.32 Å². The molecule has 0 spiro atoms. The molecule has 0 saturated heterocycles. The molecule has 172 valence electrons. The summed E-state index contributed by atoms with van der Waals surface area (Å²) in [6, 6.07) is 26.0. The van der Waals surface area contributed by atoms with Gasteiger partial charge < -0.3 is 15.4 Å². The van der Waals surface area contributed by atoms with E-state index in [2.05, 4.69) is 15.3 Å². The standard InChI is InChI=1S/C28H21ClN4O2/c29-20-6-11-23-24(17-20)33-28(35)26(23)27(19-4-2-1-3-5-19)32-22-9-7-21(8-10-22)31-25(34)16-18-12-14-30-15-13-18/h1-15,17,33,35H,16H2,(H,31,34). The molecular weight excluding hydrogens is 460 g/mol. The first-order chi connectivity index (χ1) is 17.1. The van der Waals surface area contributed by atoms with E-state index in [1.165, 1.54) is 0 Å². The van der Waals surface area contributed by atoms with Crippen molar-refractivity contribution >= 4 is 45.5 Å². The first-order valence-corrected chi connectivity index (χ1v) is 11.4. The van der Waals surface area contributed by atoms with Gasteiger partial charge >= 0.3 is 0 Å². The molecule has 0 saturated carbocycles. The Hall–Kier alpha value is -4.42. The number of aromatic nitrogens is 2. The van der Waals surface area contributed by atoms with Crippen molar-refractivity contribution in [3.8, 4) is 5.88 Å². The largest absolute Gasteiger partial charge is 0.494 e. The molecule has 5 rings (SSSR count). The van der Waals surface area contributed by atoms with Gasteiger partial charge in [0.15, 0.2) is 5.88 Å². The van der Waals surface area contributed by atoms with E-state index in [0.29, 0.717) is 27.7 Å². The number of halogens is 1. The Kier molecular flexibility index (Phi) is 6.28. The smallest absolute Gasteiger partial charge is 0.228 e. The van der Waals surface area contributed by atoms with E-state index in [1.807, 2.05) is 60.7 Å². The number of anilines is 1. The molecule has 0 atom stereocenters. The van der Waals surface area contributed by atoms with Gasteiger partial charge in [-0.2, -0.15) is 0 Å². The van der Waals surface area contributed by atoms with Crippen LogP contribution in [0, 0.1) is 0 Å². The van der Waals surface area contributed by atoms with Crippen LogP contribution in [0.4, 0.5) is 11.4 Å². The van der Waals surface area contributed by atoms with Gasteiger partial charge in [-0.05, 0) is 54.1 Å². The molecule has 3 aromatic carbocycles. The number of carbonyl (C=O) groups is 1. The average Bonchev–Trinajstić information content (AvgIpc) is 3.19. The summed E-state index contributed by atoms with van der Waals surface area (Å²) in [6.07, 6.45) is 3.60. The zero-order valence-electron chi connectivity index (χ0n) is 18.6. The highest BCUT2D eigenvalue weighted by Crippen LogP contribution is 2.33. The fourth-order valence-corrected chi connectivity index (χ4v) is 4.07. The number of aromatic hydroxyl groups is 1. The number of amides is 1. The van der Waals surface area contributed by atoms with Crippen LogP contribution in [-0.4, -0.2) is 26.7 Å². The van der Waals surface area contributed by atoms with Crippen LogP contribution >= 0.6 is 11.6 Å². The number of fused-ring (bicyclic) bond motifs is 1. The number of nitrogens with one attached hydrogen (secondary N) is 2. The number of nitrogens with zero attached hydrogens (tertiary/aromatic N) is 2. The summed E-state index contributed by atoms with van der Waals surface area (Å²) in [6.45, 7) is 0. The SMILES string of the molecule is O=C(Cc1ccncc1)Nc1ccc(N=C(c2ccccc2)c2c(O)[nH]c3cc(Cl)ccc23)cc1. The number of H-pyrrole nitrogens is 1. The normalized spacial score (nSPS) is 11.5. The number of rotatable bonds is 6. The summed E-state index contributed by atoms with van der Waals surface area (Å²) in [5.74, 6) is -0.0929. The zero-order valence-corrected chi connectivity index (χ0v) is 19.3. The lowest BCUT2D eigenvalue weighted by Gasteiger charge is -2.09. The highest BCUT2D eigenvalue weighted by molar-refractivity contribution is 6.31. The zero-order chi connectivity index (χ0) is 24.2. The molecular formula is C28H21ClN4O2. The lowest BCUT2D eigenvalue weighted by Crippen LogP contribution is -2.14. The number of hydrogen-bond acceptors (Lipinski definition) is 4. The lowest BCUT2D eigenvalue weighted by atomic mass is 10.0. The van der Waals surface area contributed by atoms with Crippen LogP contribution in [0.1, 0.15) is 16.7 Å². The van der Waals surface area contributed by atoms with Crippen molar-refractivity contribution in [3.05, 3.63) is 119 Å². The minimum Gasteiger partial charge on any atom is -0.494 e. The minimum absolute atomic E-state index is 0.0184. The third kappa shape index (κ3) is 5.08. The highest BCUT2D eigenvalue weighted by atomic mass is 35.5. The van der Waals surface area contributed by atoms with Crippen LogP contribution in [0.3, 0.4) is 0 Å². The Bertz CT molecular complexity index is 1510. The van der Waals surface area contributed by atoms with Gasteiger partial charge in [0.05, 0.1) is 28.9 Å². The summed E-state index contributed by atoms with van der Waals surface area (Å²) < 4.78 is 0. The van der Waals surface area contributed by atoms with Gasteiger partial charge in [-0.25, -0.2) is 4.99 Å². The summed E-state index contributed by atoms with van der Waals surface area (Å²) >= 11 is 6.14. The summed E-state index contributed by atoms with van der Waals surface area (Å²) in [5, 5.41) is 15.1. The molecule has 0 aliphatic carbocycles. The van der Waals surface area contributed by atoms with Gasteiger partial charge in [-0.15, -0.1) is 0 Å². The molecule has 2 heterocycles. The molecule has 0 unspecified atom stereocenters. The molecule has 0 aliphatic heterocycles. The molecule has 0 aliphatic rings. The van der Waals surface area contributed by atoms with Crippen molar-refractivity contribution in [2.45, 2.75) is 6.42 Å². The van der Waals surface area contributed by atoms with Crippen molar-refractivity contribution in [1.29, 1.82) is 0 Å². The first-order valence-electron chi connectivity index (χ1n) is 11.0. The van der Waals surface area contributed by atoms with E-state index in [9.17, 15) is 9.90 Å². The Morgan fingerprint density at radius 1 is 0.971 bits per heavy atom. The minimum atomic E-state index is -0.111. The molecule has 2 aromatic heterocycles. The predicted molar refractivity (Wildman–Crippen MR) is 140 cm³/mol. The summed E-state index contributed by atoms with van der Waals surface area (Å²) in [7, 11) is 0. The maximum absolute atomic E-state index is 12.4. The molecule has 3 N–H and O–H groups in total. The number of carbonyl (C=O) groups excluding carboxylic acids is 1. The van der Waals surface area contributed by atoms with E-state index in [-0.39, 0.29) is 18.2 Å². The Labute approximate surface area is 207 Å². The fourth-order valence-electron chi connectivity index (χ4n) is 3.90. The van der Waals surface area contributed by atoms with E-state index in [1.54, 1.807) is 36.7 Å². The number of aliphatic imine (C=N–C) groups is 1. The third-order valence-electron chi connectivity index (χ3n) is 5.53. The molecule has 6 nitrogen and oxygen atoms in total. The Balaban J connectivity index is 1.46. The van der Waals surface area contributed by atoms with E-state index in [0.717, 1.165) is 22.0 Å². The number of benzene rings is 3. The molecule has 0 bridgehead atoms. The molecule has 0 radical (unpaired) electrons. The van der Waals surface area contributed by atoms with Gasteiger partial charge in [0.1, 0.15) is 0 Å². The van der Waals surface area contributed by atoms with E-state index < -0.39 is 0 Å². The monoisotopic (exact) mass is 480 g/mol. The number of aromatic amines is 1. The van der Waals surface area contributed by atoms with Crippen LogP contribution in [-0.2, 0) is 11.2 Å². The predicted octanol–water partition coefficient (Wildman–Crippen LogP) is 6.27. The van der Waals surface area contributed by atoms with Gasteiger partial charge in [0, 0.05) is 34.1 Å². The second-order valence-corrected chi connectivity index (χ2v) is 8.43. The van der Waals surface area contributed by atoms with Crippen molar-refractivity contribution < 1.29 is 9.90 Å². The van der Waals surface area contributed by atoms with Crippen LogP contribution in [0.25, 0.3) is 10.9 Å². The van der Waals surface area contributed by atoms with Gasteiger partial charge in [0.25, 0.3) is 0 Å². The van der Waals surface area contributed by atoms with Gasteiger partial charge in [-0.3, -0.25) is 9.78 Å². The van der Waals surface area contributed by atoms with Crippen molar-refractivity contribution in [3.63, 3.8) is 0 Å². The van der Waals surface area contributed by atoms with Crippen LogP contribution in [0.2, 0.25) is 5.02 Å².